The van der Waals surface area contributed by atoms with E-state index in [9.17, 15) is 9.59 Å². The molecular weight excluding hydrogens is 360 g/mol. The molecule has 2 unspecified atom stereocenters. The van der Waals surface area contributed by atoms with Gasteiger partial charge in [-0.25, -0.2) is 0 Å². The van der Waals surface area contributed by atoms with Crippen molar-refractivity contribution in [2.24, 2.45) is 0 Å². The molecule has 0 saturated heterocycles. The summed E-state index contributed by atoms with van der Waals surface area (Å²) in [6, 6.07) is 28.6. The van der Waals surface area contributed by atoms with E-state index >= 15 is 0 Å². The lowest BCUT2D eigenvalue weighted by molar-refractivity contribution is -0.117. The molecule has 1 saturated carbocycles. The van der Waals surface area contributed by atoms with E-state index in [0.29, 0.717) is 11.5 Å². The summed E-state index contributed by atoms with van der Waals surface area (Å²) in [7, 11) is 0. The van der Waals surface area contributed by atoms with E-state index in [1.807, 2.05) is 54.6 Å². The van der Waals surface area contributed by atoms with E-state index < -0.39 is 0 Å². The van der Waals surface area contributed by atoms with Gasteiger partial charge in [0.1, 0.15) is 5.70 Å². The van der Waals surface area contributed by atoms with Gasteiger partial charge in [-0.15, -0.1) is 0 Å². The first-order valence-corrected chi connectivity index (χ1v) is 9.69. The van der Waals surface area contributed by atoms with Crippen molar-refractivity contribution in [3.63, 3.8) is 0 Å². The van der Waals surface area contributed by atoms with E-state index in [-0.39, 0.29) is 23.6 Å². The maximum atomic E-state index is 12.9. The highest BCUT2D eigenvalue weighted by molar-refractivity contribution is 6.05. The van der Waals surface area contributed by atoms with Crippen LogP contribution in [0.5, 0.6) is 0 Å². The molecule has 1 aliphatic rings. The zero-order chi connectivity index (χ0) is 20.1. The van der Waals surface area contributed by atoms with Crippen LogP contribution >= 0.6 is 0 Å². The van der Waals surface area contributed by atoms with Crippen LogP contribution in [0.2, 0.25) is 0 Å². The fourth-order valence-electron chi connectivity index (χ4n) is 3.33. The van der Waals surface area contributed by atoms with Gasteiger partial charge in [0, 0.05) is 17.5 Å². The van der Waals surface area contributed by atoms with E-state index in [2.05, 4.69) is 22.8 Å². The number of rotatable bonds is 6. The molecule has 144 valence electrons. The Labute approximate surface area is 170 Å². The molecule has 1 fully saturated rings. The number of carbonyl (C=O) groups excluding carboxylic acids is 2. The predicted octanol–water partition coefficient (Wildman–Crippen LogP) is 4.13. The van der Waals surface area contributed by atoms with E-state index in [1.165, 1.54) is 5.56 Å². The van der Waals surface area contributed by atoms with Crippen LogP contribution in [-0.4, -0.2) is 17.9 Å². The molecule has 0 aromatic heterocycles. The molecule has 4 rings (SSSR count). The van der Waals surface area contributed by atoms with E-state index in [1.54, 1.807) is 30.3 Å². The van der Waals surface area contributed by atoms with Crippen LogP contribution in [0.4, 0.5) is 0 Å². The van der Waals surface area contributed by atoms with Gasteiger partial charge in [-0.2, -0.15) is 0 Å². The van der Waals surface area contributed by atoms with Crippen molar-refractivity contribution in [3.8, 4) is 0 Å². The van der Waals surface area contributed by atoms with Crippen LogP contribution in [0.1, 0.15) is 33.8 Å². The maximum Gasteiger partial charge on any atom is 0.268 e. The second-order valence-electron chi connectivity index (χ2n) is 7.12. The van der Waals surface area contributed by atoms with Crippen LogP contribution in [-0.2, 0) is 4.79 Å². The molecule has 0 aliphatic heterocycles. The summed E-state index contributed by atoms with van der Waals surface area (Å²) in [6.45, 7) is 0. The molecule has 1 aliphatic carbocycles. The molecule has 3 aromatic carbocycles. The Kier molecular flexibility index (Phi) is 5.52. The van der Waals surface area contributed by atoms with Crippen molar-refractivity contribution in [2.45, 2.75) is 18.4 Å². The minimum Gasteiger partial charge on any atom is -0.347 e. The lowest BCUT2D eigenvalue weighted by Gasteiger charge is -2.11. The van der Waals surface area contributed by atoms with Gasteiger partial charge in [0.2, 0.25) is 0 Å². The number of hydrogen-bond acceptors (Lipinski definition) is 2. The normalized spacial score (nSPS) is 18.0. The van der Waals surface area contributed by atoms with Crippen molar-refractivity contribution in [2.75, 3.05) is 0 Å². The van der Waals surface area contributed by atoms with Gasteiger partial charge in [-0.1, -0.05) is 78.9 Å². The molecule has 4 heteroatoms. The van der Waals surface area contributed by atoms with Gasteiger partial charge >= 0.3 is 0 Å². The highest BCUT2D eigenvalue weighted by Crippen LogP contribution is 2.40. The van der Waals surface area contributed by atoms with E-state index in [0.717, 1.165) is 12.0 Å². The summed E-state index contributed by atoms with van der Waals surface area (Å²) in [5.41, 5.74) is 2.82. The summed E-state index contributed by atoms with van der Waals surface area (Å²) in [5.74, 6) is -0.261. The predicted molar refractivity (Wildman–Crippen MR) is 114 cm³/mol. The zero-order valence-electron chi connectivity index (χ0n) is 15.9. The first kappa shape index (κ1) is 18.7. The smallest absolute Gasteiger partial charge is 0.268 e. The minimum atomic E-state index is -0.307. The van der Waals surface area contributed by atoms with Crippen LogP contribution < -0.4 is 10.6 Å². The van der Waals surface area contributed by atoms with Crippen molar-refractivity contribution in [1.29, 1.82) is 0 Å². The Morgan fingerprint density at radius 1 is 0.793 bits per heavy atom. The molecule has 0 bridgehead atoms. The quantitative estimate of drug-likeness (QED) is 0.630. The summed E-state index contributed by atoms with van der Waals surface area (Å²) < 4.78 is 0. The highest BCUT2D eigenvalue weighted by Gasteiger charge is 2.39. The van der Waals surface area contributed by atoms with E-state index in [4.69, 9.17) is 0 Å². The van der Waals surface area contributed by atoms with Crippen LogP contribution in [0.25, 0.3) is 6.08 Å². The van der Waals surface area contributed by atoms with Gasteiger partial charge in [0.25, 0.3) is 11.8 Å². The second-order valence-corrected chi connectivity index (χ2v) is 7.12. The zero-order valence-corrected chi connectivity index (χ0v) is 15.9. The Balaban J connectivity index is 1.50. The average Bonchev–Trinajstić information content (AvgIpc) is 3.54. The fourth-order valence-corrected chi connectivity index (χ4v) is 3.33. The molecule has 2 atom stereocenters. The highest BCUT2D eigenvalue weighted by atomic mass is 16.2. The van der Waals surface area contributed by atoms with Crippen LogP contribution in [0, 0.1) is 0 Å². The standard InChI is InChI=1S/C25H22N2O2/c28-24(20-14-8-3-9-15-20)27-23(16-18-10-4-1-5-11-18)25(29)26-22-17-21(22)19-12-6-2-7-13-19/h1-16,21-22H,17H2,(H,26,29)(H,27,28). The van der Waals surface area contributed by atoms with Crippen LogP contribution in [0.15, 0.2) is 96.7 Å². The van der Waals surface area contributed by atoms with Gasteiger partial charge < -0.3 is 10.6 Å². The van der Waals surface area contributed by atoms with Crippen molar-refractivity contribution < 1.29 is 9.59 Å². The lowest BCUT2D eigenvalue weighted by Crippen LogP contribution is -2.36. The van der Waals surface area contributed by atoms with Crippen molar-refractivity contribution in [3.05, 3.63) is 113 Å². The summed E-state index contributed by atoms with van der Waals surface area (Å²) in [6.07, 6.45) is 2.61. The average molecular weight is 382 g/mol. The summed E-state index contributed by atoms with van der Waals surface area (Å²) >= 11 is 0. The molecule has 3 aromatic rings. The molecular formula is C25H22N2O2. The van der Waals surface area contributed by atoms with Gasteiger partial charge in [-0.3, -0.25) is 9.59 Å². The topological polar surface area (TPSA) is 58.2 Å². The lowest BCUT2D eigenvalue weighted by atomic mass is 10.1. The number of amides is 2. The molecule has 2 N–H and O–H groups in total. The molecule has 0 spiro atoms. The monoisotopic (exact) mass is 382 g/mol. The first-order chi connectivity index (χ1) is 14.2. The summed E-state index contributed by atoms with van der Waals surface area (Å²) in [5, 5.41) is 5.84. The van der Waals surface area contributed by atoms with Crippen LogP contribution in [0.3, 0.4) is 0 Å². The molecule has 0 radical (unpaired) electrons. The number of carbonyl (C=O) groups is 2. The third kappa shape index (κ3) is 4.79. The molecule has 0 heterocycles. The Morgan fingerprint density at radius 3 is 2.03 bits per heavy atom. The minimum absolute atomic E-state index is 0.0812. The van der Waals surface area contributed by atoms with Crippen molar-refractivity contribution in [1.82, 2.24) is 10.6 Å². The second kappa shape index (κ2) is 8.57. The summed E-state index contributed by atoms with van der Waals surface area (Å²) in [4.78, 5) is 25.6. The van der Waals surface area contributed by atoms with Gasteiger partial charge in [0.15, 0.2) is 0 Å². The maximum absolute atomic E-state index is 12.9. The largest absolute Gasteiger partial charge is 0.347 e. The first-order valence-electron chi connectivity index (χ1n) is 9.69. The Morgan fingerprint density at radius 2 is 1.38 bits per heavy atom. The fraction of sp³-hybridized carbons (Fsp3) is 0.120. The third-order valence-electron chi connectivity index (χ3n) is 4.97. The van der Waals surface area contributed by atoms with Gasteiger partial charge in [-0.05, 0) is 35.8 Å². The number of benzene rings is 3. The van der Waals surface area contributed by atoms with Crippen molar-refractivity contribution >= 4 is 17.9 Å². The van der Waals surface area contributed by atoms with Gasteiger partial charge in [0.05, 0.1) is 0 Å². The SMILES string of the molecule is O=C(NC1CC1c1ccccc1)C(=Cc1ccccc1)NC(=O)c1ccccc1. The number of hydrogen-bond donors (Lipinski definition) is 2. The third-order valence-corrected chi connectivity index (χ3v) is 4.97. The Bertz CT molecular complexity index is 1010. The molecule has 4 nitrogen and oxygen atoms in total. The molecule has 2 amide bonds. The molecule has 29 heavy (non-hydrogen) atoms. The number of nitrogens with one attached hydrogen (secondary N) is 2. The Hall–Kier alpha value is -3.66.